The first-order valence-electron chi connectivity index (χ1n) is 7.49. The molecule has 0 spiro atoms. The highest BCUT2D eigenvalue weighted by atomic mass is 35.5. The molecule has 8 heteroatoms. The molecule has 134 valence electrons. The van der Waals surface area contributed by atoms with Crippen LogP contribution in [0, 0.1) is 13.8 Å². The molecule has 0 aliphatic carbocycles. The zero-order chi connectivity index (χ0) is 18.7. The van der Waals surface area contributed by atoms with Gasteiger partial charge in [-0.1, -0.05) is 11.6 Å². The Kier molecular flexibility index (Phi) is 5.69. The van der Waals surface area contributed by atoms with E-state index in [2.05, 4.69) is 9.84 Å². The average molecular weight is 367 g/mol. The summed E-state index contributed by atoms with van der Waals surface area (Å²) in [5.74, 6) is 0.403. The molecule has 1 heterocycles. The first kappa shape index (κ1) is 18.8. The number of aryl methyl sites for hydroxylation is 2. The normalized spacial score (nSPS) is 11.8. The maximum atomic E-state index is 11.5. The summed E-state index contributed by atoms with van der Waals surface area (Å²) in [7, 11) is 3.00. The molecule has 1 aromatic carbocycles. The lowest BCUT2D eigenvalue weighted by Crippen LogP contribution is -2.25. The largest absolute Gasteiger partial charge is 0.477 e. The van der Waals surface area contributed by atoms with E-state index in [9.17, 15) is 9.59 Å². The SMILES string of the molecule is COC(=O)[C@H](C)Oc1cc(Oc2c(C)c(C)nn2C)c(C=O)cc1Cl. The van der Waals surface area contributed by atoms with Crippen LogP contribution in [-0.2, 0) is 16.6 Å². The van der Waals surface area contributed by atoms with Crippen molar-refractivity contribution in [1.29, 1.82) is 0 Å². The van der Waals surface area contributed by atoms with E-state index in [1.54, 1.807) is 11.7 Å². The highest BCUT2D eigenvalue weighted by molar-refractivity contribution is 6.32. The van der Waals surface area contributed by atoms with Crippen molar-refractivity contribution in [3.8, 4) is 17.4 Å². The van der Waals surface area contributed by atoms with Crippen LogP contribution in [0.1, 0.15) is 28.5 Å². The Morgan fingerprint density at radius 3 is 2.52 bits per heavy atom. The van der Waals surface area contributed by atoms with Crippen LogP contribution in [0.25, 0.3) is 0 Å². The van der Waals surface area contributed by atoms with Crippen LogP contribution in [0.3, 0.4) is 0 Å². The zero-order valence-corrected chi connectivity index (χ0v) is 15.4. The molecule has 7 nitrogen and oxygen atoms in total. The number of hydrogen-bond donors (Lipinski definition) is 0. The number of halogens is 1. The minimum atomic E-state index is -0.863. The highest BCUT2D eigenvalue weighted by Crippen LogP contribution is 2.36. The molecule has 0 amide bonds. The van der Waals surface area contributed by atoms with Crippen molar-refractivity contribution in [3.05, 3.63) is 34.0 Å². The number of rotatable bonds is 6. The van der Waals surface area contributed by atoms with Gasteiger partial charge in [0.1, 0.15) is 11.5 Å². The molecule has 0 aliphatic rings. The van der Waals surface area contributed by atoms with Crippen LogP contribution in [0.15, 0.2) is 12.1 Å². The molecular formula is C17H19ClN2O5. The van der Waals surface area contributed by atoms with Crippen molar-refractivity contribution in [2.45, 2.75) is 26.9 Å². The summed E-state index contributed by atoms with van der Waals surface area (Å²) >= 11 is 6.13. The number of carbonyl (C=O) groups excluding carboxylic acids is 2. The lowest BCUT2D eigenvalue weighted by atomic mass is 10.2. The average Bonchev–Trinajstić information content (AvgIpc) is 2.82. The number of carbonyl (C=O) groups is 2. The number of esters is 1. The number of aromatic nitrogens is 2. The monoisotopic (exact) mass is 366 g/mol. The second-order valence-electron chi connectivity index (χ2n) is 5.46. The van der Waals surface area contributed by atoms with Crippen LogP contribution >= 0.6 is 11.6 Å². The summed E-state index contributed by atoms with van der Waals surface area (Å²) in [6.45, 7) is 5.26. The third kappa shape index (κ3) is 3.93. The molecule has 0 fully saturated rings. The molecule has 0 radical (unpaired) electrons. The van der Waals surface area contributed by atoms with Gasteiger partial charge >= 0.3 is 5.97 Å². The van der Waals surface area contributed by atoms with Gasteiger partial charge in [-0.3, -0.25) is 4.79 Å². The van der Waals surface area contributed by atoms with E-state index in [0.29, 0.717) is 12.2 Å². The van der Waals surface area contributed by atoms with E-state index in [1.165, 1.54) is 26.2 Å². The summed E-state index contributed by atoms with van der Waals surface area (Å²) < 4.78 is 17.6. The molecule has 0 bridgehead atoms. The summed E-state index contributed by atoms with van der Waals surface area (Å²) in [5, 5.41) is 4.45. The fraction of sp³-hybridized carbons (Fsp3) is 0.353. The number of ether oxygens (including phenoxy) is 3. The predicted octanol–water partition coefficient (Wildman–Crippen LogP) is 3.24. The van der Waals surface area contributed by atoms with Gasteiger partial charge in [-0.2, -0.15) is 5.10 Å². The summed E-state index contributed by atoms with van der Waals surface area (Å²) in [6, 6.07) is 2.88. The molecule has 2 rings (SSSR count). The molecule has 0 saturated carbocycles. The van der Waals surface area contributed by atoms with Crippen LogP contribution in [0.2, 0.25) is 5.02 Å². The van der Waals surface area contributed by atoms with E-state index in [0.717, 1.165) is 11.3 Å². The van der Waals surface area contributed by atoms with E-state index in [1.807, 2.05) is 13.8 Å². The number of methoxy groups -OCH3 is 1. The van der Waals surface area contributed by atoms with Gasteiger partial charge in [0.05, 0.1) is 23.4 Å². The Morgan fingerprint density at radius 2 is 2.00 bits per heavy atom. The molecule has 0 saturated heterocycles. The van der Waals surface area contributed by atoms with Crippen molar-refractivity contribution in [2.75, 3.05) is 7.11 Å². The van der Waals surface area contributed by atoms with Crippen LogP contribution in [0.4, 0.5) is 0 Å². The van der Waals surface area contributed by atoms with Gasteiger partial charge in [0.15, 0.2) is 12.4 Å². The molecule has 0 N–H and O–H groups in total. The van der Waals surface area contributed by atoms with E-state index < -0.39 is 12.1 Å². The van der Waals surface area contributed by atoms with Gasteiger partial charge in [0, 0.05) is 18.7 Å². The number of hydrogen-bond acceptors (Lipinski definition) is 6. The molecule has 0 aliphatic heterocycles. The van der Waals surface area contributed by atoms with Crippen molar-refractivity contribution in [2.24, 2.45) is 7.05 Å². The Hall–Kier alpha value is -2.54. The van der Waals surface area contributed by atoms with Gasteiger partial charge < -0.3 is 14.2 Å². The third-order valence-corrected chi connectivity index (χ3v) is 3.99. The number of aldehydes is 1. The topological polar surface area (TPSA) is 79.7 Å². The Morgan fingerprint density at radius 1 is 1.32 bits per heavy atom. The van der Waals surface area contributed by atoms with Gasteiger partial charge in [-0.25, -0.2) is 9.48 Å². The fourth-order valence-electron chi connectivity index (χ4n) is 2.22. The van der Waals surface area contributed by atoms with Crippen LogP contribution < -0.4 is 9.47 Å². The van der Waals surface area contributed by atoms with Gasteiger partial charge in [-0.05, 0) is 26.8 Å². The van der Waals surface area contributed by atoms with Crippen LogP contribution in [-0.4, -0.2) is 35.2 Å². The molecule has 1 atom stereocenters. The quantitative estimate of drug-likeness (QED) is 0.576. The van der Waals surface area contributed by atoms with E-state index >= 15 is 0 Å². The van der Waals surface area contributed by atoms with Crippen molar-refractivity contribution >= 4 is 23.9 Å². The van der Waals surface area contributed by atoms with Crippen molar-refractivity contribution in [1.82, 2.24) is 9.78 Å². The zero-order valence-electron chi connectivity index (χ0n) is 14.6. The molecule has 0 unspecified atom stereocenters. The molecule has 25 heavy (non-hydrogen) atoms. The van der Waals surface area contributed by atoms with E-state index in [4.69, 9.17) is 21.1 Å². The highest BCUT2D eigenvalue weighted by Gasteiger charge is 2.20. The minimum Gasteiger partial charge on any atom is -0.477 e. The Labute approximate surface area is 150 Å². The van der Waals surface area contributed by atoms with Gasteiger partial charge in [0.2, 0.25) is 5.88 Å². The number of benzene rings is 1. The third-order valence-electron chi connectivity index (χ3n) is 3.69. The Bertz CT molecular complexity index is 816. The number of nitrogens with zero attached hydrogens (tertiary/aromatic N) is 2. The standard InChI is InChI=1S/C17H19ClN2O5/c1-9-10(2)19-20(4)16(9)25-14-7-15(13(18)6-12(14)8-21)24-11(3)17(22)23-5/h6-8,11H,1-5H3/t11-/m0/s1. The smallest absolute Gasteiger partial charge is 0.346 e. The molecule has 1 aromatic heterocycles. The predicted molar refractivity (Wildman–Crippen MR) is 91.7 cm³/mol. The lowest BCUT2D eigenvalue weighted by Gasteiger charge is -2.16. The maximum Gasteiger partial charge on any atom is 0.346 e. The molecule has 2 aromatic rings. The second kappa shape index (κ2) is 7.57. The van der Waals surface area contributed by atoms with E-state index in [-0.39, 0.29) is 22.1 Å². The first-order chi connectivity index (χ1) is 11.8. The van der Waals surface area contributed by atoms with Crippen molar-refractivity contribution in [3.63, 3.8) is 0 Å². The fourth-order valence-corrected chi connectivity index (χ4v) is 2.43. The molecular weight excluding hydrogens is 348 g/mol. The summed E-state index contributed by atoms with van der Waals surface area (Å²) in [6.07, 6.45) is -0.231. The van der Waals surface area contributed by atoms with Crippen molar-refractivity contribution < 1.29 is 23.8 Å². The van der Waals surface area contributed by atoms with Crippen LogP contribution in [0.5, 0.6) is 17.4 Å². The van der Waals surface area contributed by atoms with Gasteiger partial charge in [0.25, 0.3) is 0 Å². The minimum absolute atomic E-state index is 0.183. The van der Waals surface area contributed by atoms with Gasteiger partial charge in [-0.15, -0.1) is 0 Å². The summed E-state index contributed by atoms with van der Waals surface area (Å²) in [4.78, 5) is 22.9. The maximum absolute atomic E-state index is 11.5. The first-order valence-corrected chi connectivity index (χ1v) is 7.87. The second-order valence-corrected chi connectivity index (χ2v) is 5.87. The Balaban J connectivity index is 2.41. The lowest BCUT2D eigenvalue weighted by molar-refractivity contribution is -0.147. The summed E-state index contributed by atoms with van der Waals surface area (Å²) in [5.41, 5.74) is 1.91.